The summed E-state index contributed by atoms with van der Waals surface area (Å²) in [5.41, 5.74) is 3.22. The van der Waals surface area contributed by atoms with Crippen LogP contribution in [0.2, 0.25) is 5.02 Å². The van der Waals surface area contributed by atoms with Gasteiger partial charge in [-0.2, -0.15) is 5.10 Å². The van der Waals surface area contributed by atoms with E-state index >= 15 is 0 Å². The number of hydrogen-bond donors (Lipinski definition) is 1. The Morgan fingerprint density at radius 1 is 1.17 bits per heavy atom. The number of methoxy groups -OCH3 is 1. The second-order valence-electron chi connectivity index (χ2n) is 5.89. The van der Waals surface area contributed by atoms with Crippen LogP contribution in [0.5, 0.6) is 0 Å². The molecule has 2 aromatic carbocycles. The van der Waals surface area contributed by atoms with Gasteiger partial charge in [0, 0.05) is 23.3 Å². The maximum absolute atomic E-state index is 12.0. The van der Waals surface area contributed by atoms with Crippen LogP contribution in [0.1, 0.15) is 26.5 Å². The summed E-state index contributed by atoms with van der Waals surface area (Å²) in [6.07, 6.45) is 1.30. The van der Waals surface area contributed by atoms with Gasteiger partial charge in [0.1, 0.15) is 11.5 Å². The van der Waals surface area contributed by atoms with Gasteiger partial charge in [-0.05, 0) is 42.5 Å². The van der Waals surface area contributed by atoms with Crippen LogP contribution in [0.25, 0.3) is 11.3 Å². The molecule has 3 aromatic rings. The zero-order valence-electron chi connectivity index (χ0n) is 15.5. The maximum Gasteiger partial charge on any atom is 0.339 e. The van der Waals surface area contributed by atoms with Crippen LogP contribution in [-0.4, -0.2) is 30.1 Å². The number of esters is 1. The predicted molar refractivity (Wildman–Crippen MR) is 109 cm³/mol. The lowest BCUT2D eigenvalue weighted by molar-refractivity contribution is -0.384. The van der Waals surface area contributed by atoms with Crippen molar-refractivity contribution in [1.82, 2.24) is 5.43 Å². The molecule has 0 aliphatic heterocycles. The van der Waals surface area contributed by atoms with Gasteiger partial charge in [0.2, 0.25) is 0 Å². The van der Waals surface area contributed by atoms with Crippen LogP contribution < -0.4 is 5.43 Å². The second-order valence-corrected chi connectivity index (χ2v) is 6.30. The molecule has 0 bridgehead atoms. The highest BCUT2D eigenvalue weighted by Crippen LogP contribution is 2.27. The van der Waals surface area contributed by atoms with Crippen LogP contribution >= 0.6 is 11.6 Å². The lowest BCUT2D eigenvalue weighted by Gasteiger charge is -2.04. The molecule has 3 rings (SSSR count). The average Bonchev–Trinajstić information content (AvgIpc) is 3.22. The van der Waals surface area contributed by atoms with Crippen LogP contribution in [-0.2, 0) is 4.74 Å². The second kappa shape index (κ2) is 9.01. The normalized spacial score (nSPS) is 10.7. The minimum Gasteiger partial charge on any atom is -0.465 e. The first-order chi connectivity index (χ1) is 14.4. The summed E-state index contributed by atoms with van der Waals surface area (Å²) >= 11 is 6.01. The van der Waals surface area contributed by atoms with Crippen molar-refractivity contribution in [3.63, 3.8) is 0 Å². The number of amides is 1. The molecule has 1 aromatic heterocycles. The van der Waals surface area contributed by atoms with Gasteiger partial charge in [0.25, 0.3) is 11.6 Å². The smallest absolute Gasteiger partial charge is 0.339 e. The van der Waals surface area contributed by atoms with Crippen molar-refractivity contribution in [2.24, 2.45) is 5.10 Å². The highest BCUT2D eigenvalue weighted by molar-refractivity contribution is 6.33. The number of carbonyl (C=O) groups excluding carboxylic acids is 2. The van der Waals surface area contributed by atoms with Gasteiger partial charge in [-0.15, -0.1) is 0 Å². The molecule has 0 saturated heterocycles. The maximum atomic E-state index is 12.0. The SMILES string of the molecule is COC(=O)c1cc(-c2ccc(C=NNC(=O)c3ccc([N+](=O)[O-])cc3)o2)ccc1Cl. The number of nitrogens with one attached hydrogen (secondary N) is 1. The standard InChI is InChI=1S/C20H14ClN3O6/c1-29-20(26)16-10-13(4-8-17(16)21)18-9-7-15(30-18)11-22-23-19(25)12-2-5-14(6-3-12)24(27)28/h2-11H,1H3,(H,23,25). The summed E-state index contributed by atoms with van der Waals surface area (Å²) < 4.78 is 10.3. The van der Waals surface area contributed by atoms with E-state index in [0.717, 1.165) is 0 Å². The monoisotopic (exact) mass is 427 g/mol. The number of nitro groups is 1. The molecular formula is C20H14ClN3O6. The Morgan fingerprint density at radius 3 is 2.57 bits per heavy atom. The Hall–Kier alpha value is -3.98. The van der Waals surface area contributed by atoms with Gasteiger partial charge >= 0.3 is 5.97 Å². The van der Waals surface area contributed by atoms with Gasteiger partial charge in [-0.3, -0.25) is 14.9 Å². The molecule has 152 valence electrons. The topological polar surface area (TPSA) is 124 Å². The molecule has 0 aliphatic rings. The van der Waals surface area contributed by atoms with Crippen LogP contribution in [0.4, 0.5) is 5.69 Å². The molecule has 0 radical (unpaired) electrons. The number of non-ortho nitro benzene ring substituents is 1. The van der Waals surface area contributed by atoms with Crippen LogP contribution in [0.15, 0.2) is 64.1 Å². The van der Waals surface area contributed by atoms with Crippen molar-refractivity contribution in [2.45, 2.75) is 0 Å². The van der Waals surface area contributed by atoms with Gasteiger partial charge in [-0.1, -0.05) is 11.6 Å². The van der Waals surface area contributed by atoms with Crippen molar-refractivity contribution in [2.75, 3.05) is 7.11 Å². The third kappa shape index (κ3) is 4.70. The molecule has 1 N–H and O–H groups in total. The van der Waals surface area contributed by atoms with E-state index in [-0.39, 0.29) is 21.8 Å². The van der Waals surface area contributed by atoms with E-state index in [1.54, 1.807) is 30.3 Å². The highest BCUT2D eigenvalue weighted by Gasteiger charge is 2.14. The fraction of sp³-hybridized carbons (Fsp3) is 0.0500. The Bertz CT molecular complexity index is 1140. The molecule has 0 unspecified atom stereocenters. The predicted octanol–water partition coefficient (Wildman–Crippen LogP) is 4.06. The first-order valence-electron chi connectivity index (χ1n) is 8.45. The summed E-state index contributed by atoms with van der Waals surface area (Å²) in [5.74, 6) is -0.291. The van der Waals surface area contributed by atoms with Gasteiger partial charge in [0.15, 0.2) is 0 Å². The molecule has 30 heavy (non-hydrogen) atoms. The number of rotatable bonds is 6. The summed E-state index contributed by atoms with van der Waals surface area (Å²) in [7, 11) is 1.26. The minimum atomic E-state index is -0.566. The van der Waals surface area contributed by atoms with Gasteiger partial charge in [-0.25, -0.2) is 10.2 Å². The molecule has 0 atom stereocenters. The highest BCUT2D eigenvalue weighted by atomic mass is 35.5. The van der Waals surface area contributed by atoms with Crippen molar-refractivity contribution in [3.8, 4) is 11.3 Å². The lowest BCUT2D eigenvalue weighted by Crippen LogP contribution is -2.17. The lowest BCUT2D eigenvalue weighted by atomic mass is 10.1. The number of carbonyl (C=O) groups is 2. The van der Waals surface area contributed by atoms with E-state index in [1.807, 2.05) is 0 Å². The van der Waals surface area contributed by atoms with E-state index in [9.17, 15) is 19.7 Å². The number of hydrogen-bond acceptors (Lipinski definition) is 7. The largest absolute Gasteiger partial charge is 0.465 e. The van der Waals surface area contributed by atoms with E-state index in [0.29, 0.717) is 17.1 Å². The molecule has 1 amide bonds. The average molecular weight is 428 g/mol. The zero-order chi connectivity index (χ0) is 21.7. The number of furan rings is 1. The third-order valence-corrected chi connectivity index (χ3v) is 4.31. The fourth-order valence-electron chi connectivity index (χ4n) is 2.48. The van der Waals surface area contributed by atoms with Gasteiger partial charge < -0.3 is 9.15 Å². The summed E-state index contributed by atoms with van der Waals surface area (Å²) in [6, 6.07) is 13.2. The van der Waals surface area contributed by atoms with Crippen molar-refractivity contribution in [3.05, 3.63) is 86.6 Å². The number of nitro benzene ring substituents is 1. The van der Waals surface area contributed by atoms with Crippen molar-refractivity contribution in [1.29, 1.82) is 0 Å². The Morgan fingerprint density at radius 2 is 1.90 bits per heavy atom. The minimum absolute atomic E-state index is 0.115. The number of hydrazone groups is 1. The zero-order valence-corrected chi connectivity index (χ0v) is 16.3. The first-order valence-corrected chi connectivity index (χ1v) is 8.83. The molecule has 0 spiro atoms. The molecule has 9 nitrogen and oxygen atoms in total. The number of benzene rings is 2. The van der Waals surface area contributed by atoms with E-state index in [2.05, 4.69) is 10.5 Å². The summed E-state index contributed by atoms with van der Waals surface area (Å²) in [6.45, 7) is 0. The number of nitrogens with zero attached hydrogens (tertiary/aromatic N) is 2. The Labute approximate surface area is 175 Å². The van der Waals surface area contributed by atoms with Crippen LogP contribution in [0, 0.1) is 10.1 Å². The van der Waals surface area contributed by atoms with E-state index in [1.165, 1.54) is 37.6 Å². The third-order valence-electron chi connectivity index (χ3n) is 3.98. The van der Waals surface area contributed by atoms with E-state index < -0.39 is 16.8 Å². The Kier molecular flexibility index (Phi) is 6.23. The summed E-state index contributed by atoms with van der Waals surface area (Å²) in [5, 5.41) is 14.7. The quantitative estimate of drug-likeness (QED) is 0.274. The fourth-order valence-corrected chi connectivity index (χ4v) is 2.67. The molecular weight excluding hydrogens is 414 g/mol. The first kappa shape index (κ1) is 20.7. The van der Waals surface area contributed by atoms with Gasteiger partial charge in [0.05, 0.1) is 28.8 Å². The number of halogens is 1. The molecule has 0 fully saturated rings. The van der Waals surface area contributed by atoms with E-state index in [4.69, 9.17) is 20.8 Å². The van der Waals surface area contributed by atoms with Crippen molar-refractivity contribution >= 4 is 35.4 Å². The van der Waals surface area contributed by atoms with Crippen LogP contribution in [0.3, 0.4) is 0 Å². The molecule has 1 heterocycles. The molecule has 10 heteroatoms. The molecule has 0 saturated carbocycles. The summed E-state index contributed by atoms with van der Waals surface area (Å²) in [4.78, 5) is 33.9. The molecule has 0 aliphatic carbocycles. The Balaban J connectivity index is 1.68. The number of ether oxygens (including phenoxy) is 1. The van der Waals surface area contributed by atoms with Crippen molar-refractivity contribution < 1.29 is 23.7 Å².